The molecule has 33 heavy (non-hydrogen) atoms. The molecular weight excluding hydrogens is 489 g/mol. The molecular formula is C23H16Cl3N3O4. The van der Waals surface area contributed by atoms with Gasteiger partial charge in [-0.3, -0.25) is 9.59 Å². The fraction of sp³-hybridized carbons (Fsp3) is 0.0435. The monoisotopic (exact) mass is 503 g/mol. The number of benzene rings is 3. The standard InChI is InChI=1S/C23H16Cl3N3O4/c24-16-5-3-15(4-6-16)22(31)27-13-21(30)29-28-12-14-1-8-18(9-2-14)33-23(32)19-10-7-17(25)11-20(19)26/h1-12H,13H2,(H,27,31)(H,29,30)/b28-12+. The molecule has 0 heterocycles. The predicted octanol–water partition coefficient (Wildman–Crippen LogP) is 4.75. The molecule has 0 bridgehead atoms. The Labute approximate surface area is 204 Å². The SMILES string of the molecule is O=C(CNC(=O)c1ccc(Cl)cc1)N/N=C/c1ccc(OC(=O)c2ccc(Cl)cc2Cl)cc1. The van der Waals surface area contributed by atoms with Crippen LogP contribution in [0.5, 0.6) is 5.75 Å². The molecule has 0 aliphatic rings. The molecule has 0 aliphatic heterocycles. The van der Waals surface area contributed by atoms with E-state index in [1.165, 1.54) is 18.3 Å². The van der Waals surface area contributed by atoms with E-state index < -0.39 is 17.8 Å². The normalized spacial score (nSPS) is 10.6. The molecule has 10 heteroatoms. The number of nitrogens with zero attached hydrogens (tertiary/aromatic N) is 1. The second-order valence-corrected chi connectivity index (χ2v) is 7.85. The van der Waals surface area contributed by atoms with Crippen molar-refractivity contribution in [3.63, 3.8) is 0 Å². The summed E-state index contributed by atoms with van der Waals surface area (Å²) in [5.41, 5.74) is 3.53. The summed E-state index contributed by atoms with van der Waals surface area (Å²) in [6.07, 6.45) is 1.40. The van der Waals surface area contributed by atoms with E-state index in [0.29, 0.717) is 26.9 Å². The summed E-state index contributed by atoms with van der Waals surface area (Å²) in [6.45, 7) is -0.249. The fourth-order valence-electron chi connectivity index (χ4n) is 2.52. The lowest BCUT2D eigenvalue weighted by Gasteiger charge is -2.06. The second-order valence-electron chi connectivity index (χ2n) is 6.57. The molecule has 3 aromatic rings. The minimum Gasteiger partial charge on any atom is -0.423 e. The van der Waals surface area contributed by atoms with Gasteiger partial charge in [-0.15, -0.1) is 0 Å². The first-order valence-electron chi connectivity index (χ1n) is 9.45. The van der Waals surface area contributed by atoms with Crippen LogP contribution in [0.1, 0.15) is 26.3 Å². The quantitative estimate of drug-likeness (QED) is 0.210. The highest BCUT2D eigenvalue weighted by Gasteiger charge is 2.13. The maximum Gasteiger partial charge on any atom is 0.345 e. The van der Waals surface area contributed by atoms with E-state index in [0.717, 1.165) is 0 Å². The Hall–Kier alpha value is -3.39. The van der Waals surface area contributed by atoms with Crippen LogP contribution in [0.2, 0.25) is 15.1 Å². The number of carbonyl (C=O) groups is 3. The highest BCUT2D eigenvalue weighted by Crippen LogP contribution is 2.23. The Bertz CT molecular complexity index is 1200. The van der Waals surface area contributed by atoms with E-state index in [4.69, 9.17) is 39.5 Å². The summed E-state index contributed by atoms with van der Waals surface area (Å²) < 4.78 is 5.29. The van der Waals surface area contributed by atoms with Gasteiger partial charge in [-0.25, -0.2) is 10.2 Å². The van der Waals surface area contributed by atoms with Crippen LogP contribution >= 0.6 is 34.8 Å². The van der Waals surface area contributed by atoms with Crippen molar-refractivity contribution in [2.24, 2.45) is 5.10 Å². The number of carbonyl (C=O) groups excluding carboxylic acids is 3. The van der Waals surface area contributed by atoms with Gasteiger partial charge < -0.3 is 10.1 Å². The number of halogens is 3. The topological polar surface area (TPSA) is 96.9 Å². The van der Waals surface area contributed by atoms with Crippen molar-refractivity contribution in [3.8, 4) is 5.75 Å². The van der Waals surface area contributed by atoms with Gasteiger partial charge in [0.25, 0.3) is 11.8 Å². The highest BCUT2D eigenvalue weighted by molar-refractivity contribution is 6.36. The Balaban J connectivity index is 1.46. The number of esters is 1. The van der Waals surface area contributed by atoms with E-state index >= 15 is 0 Å². The van der Waals surface area contributed by atoms with Gasteiger partial charge in [0, 0.05) is 15.6 Å². The van der Waals surface area contributed by atoms with Gasteiger partial charge in [0.05, 0.1) is 23.3 Å². The minimum absolute atomic E-state index is 0.191. The molecule has 7 nitrogen and oxygen atoms in total. The molecule has 0 spiro atoms. The van der Waals surface area contributed by atoms with Crippen LogP contribution in [0.3, 0.4) is 0 Å². The summed E-state index contributed by atoms with van der Waals surface area (Å²) in [4.78, 5) is 36.0. The number of rotatable bonds is 7. The van der Waals surface area contributed by atoms with Crippen molar-refractivity contribution >= 4 is 58.8 Å². The Morgan fingerprint density at radius 2 is 1.55 bits per heavy atom. The highest BCUT2D eigenvalue weighted by atomic mass is 35.5. The Morgan fingerprint density at radius 3 is 2.21 bits per heavy atom. The van der Waals surface area contributed by atoms with E-state index in [1.54, 1.807) is 54.6 Å². The molecule has 168 valence electrons. The molecule has 0 atom stereocenters. The number of ether oxygens (including phenoxy) is 1. The van der Waals surface area contributed by atoms with E-state index in [2.05, 4.69) is 15.8 Å². The lowest BCUT2D eigenvalue weighted by atomic mass is 10.2. The first kappa shape index (κ1) is 24.3. The van der Waals surface area contributed by atoms with Crippen LogP contribution in [0.4, 0.5) is 0 Å². The maximum atomic E-state index is 12.2. The van der Waals surface area contributed by atoms with Crippen molar-refractivity contribution in [1.82, 2.24) is 10.7 Å². The number of hydrazone groups is 1. The molecule has 2 amide bonds. The number of hydrogen-bond donors (Lipinski definition) is 2. The zero-order valence-corrected chi connectivity index (χ0v) is 19.1. The molecule has 3 aromatic carbocycles. The lowest BCUT2D eigenvalue weighted by molar-refractivity contribution is -0.120. The van der Waals surface area contributed by atoms with Crippen molar-refractivity contribution in [2.75, 3.05) is 6.54 Å². The van der Waals surface area contributed by atoms with Gasteiger partial charge in [0.1, 0.15) is 5.75 Å². The number of hydrogen-bond acceptors (Lipinski definition) is 5. The fourth-order valence-corrected chi connectivity index (χ4v) is 3.13. The molecule has 0 fully saturated rings. The van der Waals surface area contributed by atoms with Crippen LogP contribution in [-0.4, -0.2) is 30.5 Å². The summed E-state index contributed by atoms with van der Waals surface area (Å²) in [5, 5.41) is 7.42. The lowest BCUT2D eigenvalue weighted by Crippen LogP contribution is -2.34. The number of amides is 2. The molecule has 0 saturated carbocycles. The van der Waals surface area contributed by atoms with Crippen molar-refractivity contribution in [1.29, 1.82) is 0 Å². The van der Waals surface area contributed by atoms with Crippen LogP contribution in [0, 0.1) is 0 Å². The summed E-state index contributed by atoms with van der Waals surface area (Å²) in [5.74, 6) is -1.22. The molecule has 0 radical (unpaired) electrons. The van der Waals surface area contributed by atoms with Gasteiger partial charge in [0.15, 0.2) is 0 Å². The first-order valence-corrected chi connectivity index (χ1v) is 10.6. The molecule has 0 aromatic heterocycles. The zero-order valence-electron chi connectivity index (χ0n) is 16.8. The minimum atomic E-state index is -0.619. The summed E-state index contributed by atoms with van der Waals surface area (Å²) in [6, 6.07) is 17.2. The summed E-state index contributed by atoms with van der Waals surface area (Å²) in [7, 11) is 0. The van der Waals surface area contributed by atoms with Crippen molar-refractivity contribution in [3.05, 3.63) is 98.5 Å². The van der Waals surface area contributed by atoms with Gasteiger partial charge in [-0.05, 0) is 72.3 Å². The van der Waals surface area contributed by atoms with Gasteiger partial charge in [-0.1, -0.05) is 34.8 Å². The van der Waals surface area contributed by atoms with Crippen molar-refractivity contribution < 1.29 is 19.1 Å². The average molecular weight is 505 g/mol. The average Bonchev–Trinajstić information content (AvgIpc) is 2.79. The van der Waals surface area contributed by atoms with Crippen LogP contribution < -0.4 is 15.5 Å². The third kappa shape index (κ3) is 7.32. The molecule has 2 N–H and O–H groups in total. The van der Waals surface area contributed by atoms with Crippen LogP contribution in [-0.2, 0) is 4.79 Å². The predicted molar refractivity (Wildman–Crippen MR) is 127 cm³/mol. The third-order valence-electron chi connectivity index (χ3n) is 4.16. The van der Waals surface area contributed by atoms with Crippen LogP contribution in [0.25, 0.3) is 0 Å². The number of nitrogens with one attached hydrogen (secondary N) is 2. The first-order chi connectivity index (χ1) is 15.8. The molecule has 0 aliphatic carbocycles. The van der Waals surface area contributed by atoms with Crippen LogP contribution in [0.15, 0.2) is 71.8 Å². The van der Waals surface area contributed by atoms with E-state index in [1.807, 2.05) is 0 Å². The second kappa shape index (κ2) is 11.5. The van der Waals surface area contributed by atoms with Crippen molar-refractivity contribution in [2.45, 2.75) is 0 Å². The van der Waals surface area contributed by atoms with Gasteiger partial charge >= 0.3 is 5.97 Å². The maximum absolute atomic E-state index is 12.2. The Kier molecular flexibility index (Phi) is 8.43. The largest absolute Gasteiger partial charge is 0.423 e. The Morgan fingerprint density at radius 1 is 0.879 bits per heavy atom. The van der Waals surface area contributed by atoms with Gasteiger partial charge in [0.2, 0.25) is 0 Å². The van der Waals surface area contributed by atoms with E-state index in [9.17, 15) is 14.4 Å². The molecule has 0 unspecified atom stereocenters. The van der Waals surface area contributed by atoms with E-state index in [-0.39, 0.29) is 17.1 Å². The zero-order chi connectivity index (χ0) is 23.8. The summed E-state index contributed by atoms with van der Waals surface area (Å²) >= 11 is 17.6. The smallest absolute Gasteiger partial charge is 0.345 e. The van der Waals surface area contributed by atoms with Gasteiger partial charge in [-0.2, -0.15) is 5.10 Å². The third-order valence-corrected chi connectivity index (χ3v) is 4.96. The molecule has 0 saturated heterocycles. The molecule has 3 rings (SSSR count).